The van der Waals surface area contributed by atoms with Crippen molar-refractivity contribution in [3.63, 3.8) is 0 Å². The van der Waals surface area contributed by atoms with Crippen molar-refractivity contribution in [1.82, 2.24) is 20.6 Å². The van der Waals surface area contributed by atoms with E-state index in [2.05, 4.69) is 20.6 Å². The van der Waals surface area contributed by atoms with Crippen molar-refractivity contribution in [2.75, 3.05) is 12.8 Å². The second kappa shape index (κ2) is 6.85. The zero-order valence-corrected chi connectivity index (χ0v) is 12.0. The molecule has 108 valence electrons. The van der Waals surface area contributed by atoms with Crippen LogP contribution in [0.25, 0.3) is 0 Å². The van der Waals surface area contributed by atoms with E-state index in [4.69, 9.17) is 5.11 Å². The van der Waals surface area contributed by atoms with Gasteiger partial charge in [0.15, 0.2) is 0 Å². The summed E-state index contributed by atoms with van der Waals surface area (Å²) in [6.45, 7) is 3.19. The highest BCUT2D eigenvalue weighted by Gasteiger charge is 2.18. The van der Waals surface area contributed by atoms with Gasteiger partial charge in [0.1, 0.15) is 16.4 Å². The van der Waals surface area contributed by atoms with Gasteiger partial charge in [-0.2, -0.15) is 0 Å². The summed E-state index contributed by atoms with van der Waals surface area (Å²) in [7, 11) is 1.38. The predicted octanol–water partition coefficient (Wildman–Crippen LogP) is 0.339. The van der Waals surface area contributed by atoms with E-state index in [1.54, 1.807) is 13.8 Å². The molecule has 1 heterocycles. The molecule has 0 aliphatic carbocycles. The second-order valence-corrected chi connectivity index (χ2v) is 4.72. The first-order valence-electron chi connectivity index (χ1n) is 5.58. The number of hydrogen-bond acceptors (Lipinski definition) is 6. The van der Waals surface area contributed by atoms with Gasteiger partial charge in [-0.3, -0.25) is 10.1 Å². The minimum Gasteiger partial charge on any atom is -0.478 e. The van der Waals surface area contributed by atoms with Gasteiger partial charge in [0, 0.05) is 7.05 Å². The Morgan fingerprint density at radius 1 is 1.25 bits per heavy atom. The normalized spacial score (nSPS) is 9.95. The van der Waals surface area contributed by atoms with Crippen LogP contribution in [0.3, 0.4) is 0 Å². The van der Waals surface area contributed by atoms with Crippen molar-refractivity contribution in [2.24, 2.45) is 0 Å². The average molecular weight is 298 g/mol. The van der Waals surface area contributed by atoms with E-state index in [-0.39, 0.29) is 16.3 Å². The molecular weight excluding hydrogens is 284 g/mol. The van der Waals surface area contributed by atoms with Gasteiger partial charge in [-0.25, -0.2) is 19.6 Å². The summed E-state index contributed by atoms with van der Waals surface area (Å²) in [6.07, 6.45) is 0. The van der Waals surface area contributed by atoms with Crippen LogP contribution in [-0.4, -0.2) is 45.8 Å². The first-order chi connectivity index (χ1) is 9.35. The van der Waals surface area contributed by atoms with Gasteiger partial charge in [0.05, 0.1) is 11.4 Å². The molecule has 0 unspecified atom stereocenters. The summed E-state index contributed by atoms with van der Waals surface area (Å²) < 4.78 is 0. The maximum absolute atomic E-state index is 11.5. The van der Waals surface area contributed by atoms with E-state index >= 15 is 0 Å². The highest BCUT2D eigenvalue weighted by molar-refractivity contribution is 8.00. The Balaban J connectivity index is 2.85. The van der Waals surface area contributed by atoms with Crippen molar-refractivity contribution in [2.45, 2.75) is 18.9 Å². The largest absolute Gasteiger partial charge is 0.478 e. The second-order valence-electron chi connectivity index (χ2n) is 3.76. The molecular formula is C11H14N4O4S. The van der Waals surface area contributed by atoms with Crippen LogP contribution in [0, 0.1) is 13.8 Å². The van der Waals surface area contributed by atoms with Gasteiger partial charge in [-0.15, -0.1) is 0 Å². The third kappa shape index (κ3) is 4.19. The third-order valence-corrected chi connectivity index (χ3v) is 3.18. The number of amides is 3. The van der Waals surface area contributed by atoms with Crippen molar-refractivity contribution in [3.8, 4) is 0 Å². The smallest absolute Gasteiger partial charge is 0.340 e. The topological polar surface area (TPSA) is 121 Å². The van der Waals surface area contributed by atoms with Crippen LogP contribution in [0.15, 0.2) is 5.03 Å². The number of nitrogens with one attached hydrogen (secondary N) is 2. The van der Waals surface area contributed by atoms with E-state index in [9.17, 15) is 14.4 Å². The number of urea groups is 1. The van der Waals surface area contributed by atoms with Gasteiger partial charge >= 0.3 is 12.0 Å². The van der Waals surface area contributed by atoms with Gasteiger partial charge in [0.25, 0.3) is 0 Å². The number of carboxylic acid groups (broad SMARTS) is 1. The maximum Gasteiger partial charge on any atom is 0.340 e. The highest BCUT2D eigenvalue weighted by Crippen LogP contribution is 2.22. The number of carbonyl (C=O) groups is 3. The molecule has 1 aromatic heterocycles. The molecule has 0 bridgehead atoms. The summed E-state index contributed by atoms with van der Waals surface area (Å²) in [4.78, 5) is 41.6. The Morgan fingerprint density at radius 3 is 2.45 bits per heavy atom. The molecule has 8 nitrogen and oxygen atoms in total. The number of aryl methyl sites for hydroxylation is 2. The zero-order valence-electron chi connectivity index (χ0n) is 11.2. The first-order valence-corrected chi connectivity index (χ1v) is 6.56. The molecule has 0 radical (unpaired) electrons. The van der Waals surface area contributed by atoms with Gasteiger partial charge in [-0.1, -0.05) is 11.8 Å². The molecule has 0 aromatic carbocycles. The lowest BCUT2D eigenvalue weighted by Crippen LogP contribution is -2.38. The van der Waals surface area contributed by atoms with Crippen LogP contribution in [0.4, 0.5) is 4.79 Å². The Labute approximate surface area is 119 Å². The number of thioether (sulfide) groups is 1. The van der Waals surface area contributed by atoms with Crippen molar-refractivity contribution in [3.05, 3.63) is 17.1 Å². The van der Waals surface area contributed by atoms with Crippen LogP contribution in [0.2, 0.25) is 0 Å². The Morgan fingerprint density at radius 2 is 1.90 bits per heavy atom. The van der Waals surface area contributed by atoms with E-state index in [0.29, 0.717) is 11.5 Å². The summed E-state index contributed by atoms with van der Waals surface area (Å²) in [5.74, 6) is -1.40. The minimum absolute atomic E-state index is 0.0339. The monoisotopic (exact) mass is 298 g/mol. The highest BCUT2D eigenvalue weighted by atomic mass is 32.2. The number of nitrogens with zero attached hydrogens (tertiary/aromatic N) is 2. The number of aromatic carboxylic acids is 1. The van der Waals surface area contributed by atoms with E-state index < -0.39 is 17.9 Å². The number of carboxylic acids is 1. The summed E-state index contributed by atoms with van der Waals surface area (Å²) in [5.41, 5.74) is 0.299. The van der Waals surface area contributed by atoms with Gasteiger partial charge in [-0.05, 0) is 13.8 Å². The average Bonchev–Trinajstić information content (AvgIpc) is 2.34. The minimum atomic E-state index is -1.16. The number of rotatable bonds is 4. The number of carbonyl (C=O) groups excluding carboxylic acids is 2. The molecule has 0 atom stereocenters. The molecule has 0 spiro atoms. The fourth-order valence-corrected chi connectivity index (χ4v) is 2.31. The standard InChI is InChI=1S/C11H14N4O4S/c1-5-8(10(17)18)9(14-6(2)13-5)20-4-7(16)15-11(19)12-3/h4H2,1-3H3,(H,17,18)(H2,12,15,16,19). The summed E-state index contributed by atoms with van der Waals surface area (Å²) >= 11 is 0.940. The SMILES string of the molecule is CNC(=O)NC(=O)CSc1nc(C)nc(C)c1C(=O)O. The summed E-state index contributed by atoms with van der Waals surface area (Å²) in [6, 6.07) is -0.621. The van der Waals surface area contributed by atoms with Crippen LogP contribution < -0.4 is 10.6 Å². The molecule has 0 aliphatic heterocycles. The van der Waals surface area contributed by atoms with Crippen LogP contribution in [-0.2, 0) is 4.79 Å². The van der Waals surface area contributed by atoms with Crippen molar-refractivity contribution < 1.29 is 19.5 Å². The number of hydrogen-bond donors (Lipinski definition) is 3. The Hall–Kier alpha value is -2.16. The zero-order chi connectivity index (χ0) is 15.3. The molecule has 0 saturated carbocycles. The molecule has 1 rings (SSSR count). The lowest BCUT2D eigenvalue weighted by atomic mass is 10.2. The molecule has 1 aromatic rings. The molecule has 9 heteroatoms. The molecule has 20 heavy (non-hydrogen) atoms. The lowest BCUT2D eigenvalue weighted by Gasteiger charge is -2.08. The first kappa shape index (κ1) is 15.9. The third-order valence-electron chi connectivity index (χ3n) is 2.20. The van der Waals surface area contributed by atoms with E-state index in [1.807, 2.05) is 0 Å². The summed E-state index contributed by atoms with van der Waals surface area (Å²) in [5, 5.41) is 13.7. The predicted molar refractivity (Wildman–Crippen MR) is 71.8 cm³/mol. The van der Waals surface area contributed by atoms with Crippen molar-refractivity contribution >= 4 is 29.7 Å². The fraction of sp³-hybridized carbons (Fsp3) is 0.364. The van der Waals surface area contributed by atoms with Crippen LogP contribution in [0.1, 0.15) is 21.9 Å². The number of imide groups is 1. The Kier molecular flexibility index (Phi) is 5.44. The quantitative estimate of drug-likeness (QED) is 0.541. The molecule has 0 fully saturated rings. The van der Waals surface area contributed by atoms with Crippen molar-refractivity contribution in [1.29, 1.82) is 0 Å². The van der Waals surface area contributed by atoms with E-state index in [0.717, 1.165) is 11.8 Å². The molecule has 0 aliphatic rings. The van der Waals surface area contributed by atoms with E-state index in [1.165, 1.54) is 7.05 Å². The Bertz CT molecular complexity index is 562. The van der Waals surface area contributed by atoms with Gasteiger partial charge in [0.2, 0.25) is 5.91 Å². The molecule has 0 saturated heterocycles. The number of aromatic nitrogens is 2. The van der Waals surface area contributed by atoms with Crippen LogP contribution in [0.5, 0.6) is 0 Å². The molecule has 3 amide bonds. The van der Waals surface area contributed by atoms with Crippen LogP contribution >= 0.6 is 11.8 Å². The van der Waals surface area contributed by atoms with Gasteiger partial charge < -0.3 is 10.4 Å². The lowest BCUT2D eigenvalue weighted by molar-refractivity contribution is -0.117. The fourth-order valence-electron chi connectivity index (χ4n) is 1.39. The maximum atomic E-state index is 11.5. The molecule has 3 N–H and O–H groups in total.